The molecule has 3 nitrogen and oxygen atoms in total. The number of para-hydroxylation sites is 1. The lowest BCUT2D eigenvalue weighted by Crippen LogP contribution is -2.34. The zero-order chi connectivity index (χ0) is 12.4. The van der Waals surface area contributed by atoms with Crippen molar-refractivity contribution in [3.63, 3.8) is 0 Å². The largest absolute Gasteiger partial charge is 0.464 e. The number of rotatable bonds is 2. The number of benzene rings is 1. The average molecular weight is 245 g/mol. The van der Waals surface area contributed by atoms with E-state index in [9.17, 15) is 5.11 Å². The summed E-state index contributed by atoms with van der Waals surface area (Å²) in [6, 6.07) is 8.02. The predicted molar refractivity (Wildman–Crippen MR) is 71.4 cm³/mol. The molecule has 0 radical (unpaired) electrons. The van der Waals surface area contributed by atoms with Crippen molar-refractivity contribution < 1.29 is 9.52 Å². The van der Waals surface area contributed by atoms with Crippen LogP contribution < -0.4 is 5.32 Å². The van der Waals surface area contributed by atoms with Gasteiger partial charge in [-0.1, -0.05) is 31.0 Å². The lowest BCUT2D eigenvalue weighted by atomic mass is 9.98. The Morgan fingerprint density at radius 3 is 3.06 bits per heavy atom. The number of hydrogen-bond acceptors (Lipinski definition) is 3. The summed E-state index contributed by atoms with van der Waals surface area (Å²) in [7, 11) is 0. The number of aliphatic hydroxyl groups is 1. The lowest BCUT2D eigenvalue weighted by Gasteiger charge is -2.21. The Morgan fingerprint density at radius 2 is 2.11 bits per heavy atom. The molecule has 1 aromatic heterocycles. The maximum Gasteiger partial charge on any atom is 0.134 e. The second-order valence-electron chi connectivity index (χ2n) is 5.04. The quantitative estimate of drug-likeness (QED) is 0.855. The smallest absolute Gasteiger partial charge is 0.134 e. The van der Waals surface area contributed by atoms with Crippen LogP contribution in [0.5, 0.6) is 0 Å². The molecule has 2 N–H and O–H groups in total. The normalized spacial score (nSPS) is 22.8. The lowest BCUT2D eigenvalue weighted by molar-refractivity contribution is 0.127. The third-order valence-corrected chi connectivity index (χ3v) is 3.81. The van der Waals surface area contributed by atoms with Gasteiger partial charge in [-0.3, -0.25) is 0 Å². The van der Waals surface area contributed by atoms with Crippen LogP contribution in [0.1, 0.15) is 37.4 Å². The first-order valence-corrected chi connectivity index (χ1v) is 6.74. The third-order valence-electron chi connectivity index (χ3n) is 3.81. The SMILES string of the molecule is OC(c1coc2ccccc12)C1CCCCCN1. The molecule has 1 aromatic carbocycles. The second kappa shape index (κ2) is 5.12. The monoisotopic (exact) mass is 245 g/mol. The van der Waals surface area contributed by atoms with E-state index >= 15 is 0 Å². The van der Waals surface area contributed by atoms with Crippen LogP contribution in [0.4, 0.5) is 0 Å². The molecule has 2 aromatic rings. The molecule has 0 bridgehead atoms. The van der Waals surface area contributed by atoms with E-state index in [0.29, 0.717) is 0 Å². The molecule has 1 aliphatic rings. The van der Waals surface area contributed by atoms with Crippen molar-refractivity contribution in [2.75, 3.05) is 6.54 Å². The van der Waals surface area contributed by atoms with Crippen LogP contribution >= 0.6 is 0 Å². The fourth-order valence-electron chi connectivity index (χ4n) is 2.77. The number of aliphatic hydroxyl groups excluding tert-OH is 1. The van der Waals surface area contributed by atoms with Gasteiger partial charge in [0, 0.05) is 17.0 Å². The Bertz CT molecular complexity index is 512. The summed E-state index contributed by atoms with van der Waals surface area (Å²) >= 11 is 0. The molecule has 2 atom stereocenters. The van der Waals surface area contributed by atoms with Crippen molar-refractivity contribution in [3.8, 4) is 0 Å². The Balaban J connectivity index is 1.88. The molecular formula is C15H19NO2. The van der Waals surface area contributed by atoms with Crippen LogP contribution in [0.2, 0.25) is 0 Å². The summed E-state index contributed by atoms with van der Waals surface area (Å²) in [5.41, 5.74) is 1.75. The molecule has 0 aliphatic carbocycles. The number of furan rings is 1. The first-order chi connectivity index (χ1) is 8.86. The molecule has 0 saturated carbocycles. The standard InChI is InChI=1S/C15H19NO2/c17-15(13-7-2-1-5-9-16-13)12-10-18-14-8-4-3-6-11(12)14/h3-4,6,8,10,13,15-17H,1-2,5,7,9H2. The van der Waals surface area contributed by atoms with Gasteiger partial charge in [0.1, 0.15) is 5.58 Å². The molecule has 96 valence electrons. The minimum absolute atomic E-state index is 0.147. The number of nitrogens with one attached hydrogen (secondary N) is 1. The van der Waals surface area contributed by atoms with E-state index in [1.54, 1.807) is 6.26 Å². The second-order valence-corrected chi connectivity index (χ2v) is 5.04. The van der Waals surface area contributed by atoms with Crippen LogP contribution in [-0.4, -0.2) is 17.7 Å². The van der Waals surface area contributed by atoms with Crippen molar-refractivity contribution in [1.82, 2.24) is 5.32 Å². The van der Waals surface area contributed by atoms with Gasteiger partial charge in [-0.05, 0) is 25.5 Å². The van der Waals surface area contributed by atoms with Crippen molar-refractivity contribution in [2.24, 2.45) is 0 Å². The fourth-order valence-corrected chi connectivity index (χ4v) is 2.77. The minimum Gasteiger partial charge on any atom is -0.464 e. The zero-order valence-electron chi connectivity index (χ0n) is 10.4. The van der Waals surface area contributed by atoms with Gasteiger partial charge in [0.2, 0.25) is 0 Å². The highest BCUT2D eigenvalue weighted by atomic mass is 16.3. The van der Waals surface area contributed by atoms with E-state index in [-0.39, 0.29) is 6.04 Å². The van der Waals surface area contributed by atoms with Crippen molar-refractivity contribution in [3.05, 3.63) is 36.1 Å². The molecule has 1 aliphatic heterocycles. The molecule has 2 heterocycles. The summed E-state index contributed by atoms with van der Waals surface area (Å²) in [6.45, 7) is 0.998. The molecule has 3 heteroatoms. The summed E-state index contributed by atoms with van der Waals surface area (Å²) in [6.07, 6.45) is 5.89. The van der Waals surface area contributed by atoms with Crippen LogP contribution in [-0.2, 0) is 0 Å². The predicted octanol–water partition coefficient (Wildman–Crippen LogP) is 3.00. The van der Waals surface area contributed by atoms with Crippen LogP contribution in [0, 0.1) is 0 Å². The molecule has 1 saturated heterocycles. The first kappa shape index (κ1) is 11.8. The molecule has 2 unspecified atom stereocenters. The van der Waals surface area contributed by atoms with E-state index in [1.165, 1.54) is 19.3 Å². The Kier molecular flexibility index (Phi) is 3.35. The third kappa shape index (κ3) is 2.16. The number of hydrogen-bond donors (Lipinski definition) is 2. The summed E-state index contributed by atoms with van der Waals surface area (Å²) in [5, 5.41) is 15.0. The fraction of sp³-hybridized carbons (Fsp3) is 0.467. The van der Waals surface area contributed by atoms with Gasteiger partial charge < -0.3 is 14.8 Å². The van der Waals surface area contributed by atoms with Gasteiger partial charge in [0.05, 0.1) is 12.4 Å². The van der Waals surface area contributed by atoms with E-state index in [0.717, 1.165) is 29.5 Å². The maximum atomic E-state index is 10.5. The van der Waals surface area contributed by atoms with Gasteiger partial charge in [0.15, 0.2) is 0 Å². The van der Waals surface area contributed by atoms with Gasteiger partial charge >= 0.3 is 0 Å². The molecule has 18 heavy (non-hydrogen) atoms. The molecule has 0 amide bonds. The van der Waals surface area contributed by atoms with Crippen LogP contribution in [0.15, 0.2) is 34.9 Å². The van der Waals surface area contributed by atoms with Gasteiger partial charge in [-0.15, -0.1) is 0 Å². The highest BCUT2D eigenvalue weighted by Crippen LogP contribution is 2.30. The van der Waals surface area contributed by atoms with E-state index in [4.69, 9.17) is 4.42 Å². The Labute approximate surface area is 107 Å². The van der Waals surface area contributed by atoms with Crippen LogP contribution in [0.25, 0.3) is 11.0 Å². The van der Waals surface area contributed by atoms with Gasteiger partial charge in [-0.25, -0.2) is 0 Å². The Morgan fingerprint density at radius 1 is 1.22 bits per heavy atom. The van der Waals surface area contributed by atoms with Gasteiger partial charge in [0.25, 0.3) is 0 Å². The topological polar surface area (TPSA) is 45.4 Å². The number of fused-ring (bicyclic) bond motifs is 1. The van der Waals surface area contributed by atoms with Crippen molar-refractivity contribution >= 4 is 11.0 Å². The highest BCUT2D eigenvalue weighted by molar-refractivity contribution is 5.81. The summed E-state index contributed by atoms with van der Waals surface area (Å²) < 4.78 is 5.50. The maximum absolute atomic E-state index is 10.5. The zero-order valence-corrected chi connectivity index (χ0v) is 10.4. The van der Waals surface area contributed by atoms with Crippen molar-refractivity contribution in [2.45, 2.75) is 37.8 Å². The Hall–Kier alpha value is -1.32. The minimum atomic E-state index is -0.480. The molecule has 1 fully saturated rings. The summed E-state index contributed by atoms with van der Waals surface area (Å²) in [4.78, 5) is 0. The molecule has 0 spiro atoms. The molecular weight excluding hydrogens is 226 g/mol. The average Bonchev–Trinajstić information content (AvgIpc) is 2.65. The van der Waals surface area contributed by atoms with Gasteiger partial charge in [-0.2, -0.15) is 0 Å². The highest BCUT2D eigenvalue weighted by Gasteiger charge is 2.24. The molecule has 3 rings (SSSR count). The first-order valence-electron chi connectivity index (χ1n) is 6.74. The summed E-state index contributed by atoms with van der Waals surface area (Å²) in [5.74, 6) is 0. The van der Waals surface area contributed by atoms with Crippen LogP contribution in [0.3, 0.4) is 0 Å². The van der Waals surface area contributed by atoms with E-state index < -0.39 is 6.10 Å². The van der Waals surface area contributed by atoms with Crippen molar-refractivity contribution in [1.29, 1.82) is 0 Å². The van der Waals surface area contributed by atoms with E-state index in [1.807, 2.05) is 24.3 Å². The van der Waals surface area contributed by atoms with E-state index in [2.05, 4.69) is 5.32 Å².